The van der Waals surface area contributed by atoms with Gasteiger partial charge in [-0.25, -0.2) is 9.78 Å². The van der Waals surface area contributed by atoms with Gasteiger partial charge >= 0.3 is 5.97 Å². The Balaban J connectivity index is 1.49. The van der Waals surface area contributed by atoms with Gasteiger partial charge in [-0.3, -0.25) is 9.69 Å². The molecule has 1 saturated carbocycles. The van der Waals surface area contributed by atoms with Crippen LogP contribution in [-0.4, -0.2) is 73.9 Å². The zero-order chi connectivity index (χ0) is 19.8. The summed E-state index contributed by atoms with van der Waals surface area (Å²) in [6.07, 6.45) is 7.11. The molecule has 0 radical (unpaired) electrons. The lowest BCUT2D eigenvalue weighted by atomic mass is 9.79. The first-order valence-electron chi connectivity index (χ1n) is 9.90. The van der Waals surface area contributed by atoms with E-state index in [4.69, 9.17) is 14.2 Å². The summed E-state index contributed by atoms with van der Waals surface area (Å²) in [6, 6.07) is 3.13. The van der Waals surface area contributed by atoms with Crippen molar-refractivity contribution in [2.45, 2.75) is 37.6 Å². The second-order valence-corrected chi connectivity index (χ2v) is 7.33. The summed E-state index contributed by atoms with van der Waals surface area (Å²) < 4.78 is 15.6. The van der Waals surface area contributed by atoms with Gasteiger partial charge in [0.1, 0.15) is 0 Å². The number of rotatable bonds is 7. The number of carbonyl (C=O) groups is 2. The lowest BCUT2D eigenvalue weighted by molar-refractivity contribution is -0.125. The van der Waals surface area contributed by atoms with Crippen LogP contribution >= 0.6 is 0 Å². The fourth-order valence-corrected chi connectivity index (χ4v) is 4.00. The molecule has 2 heterocycles. The summed E-state index contributed by atoms with van der Waals surface area (Å²) in [6.45, 7) is 3.55. The Morgan fingerprint density at radius 2 is 1.96 bits per heavy atom. The number of nitrogens with one attached hydrogen (secondary N) is 1. The first kappa shape index (κ1) is 20.5. The SMILES string of the molecule is COc1ccc(C(=O)OCC(=O)NCC2(N3CCOCC3)CCCCC2)cn1. The minimum atomic E-state index is -0.578. The lowest BCUT2D eigenvalue weighted by Crippen LogP contribution is -2.59. The van der Waals surface area contributed by atoms with Crippen molar-refractivity contribution < 1.29 is 23.8 Å². The Morgan fingerprint density at radius 3 is 2.61 bits per heavy atom. The third-order valence-corrected chi connectivity index (χ3v) is 5.60. The molecule has 1 aliphatic heterocycles. The quantitative estimate of drug-likeness (QED) is 0.703. The maximum atomic E-state index is 12.3. The van der Waals surface area contributed by atoms with Crippen molar-refractivity contribution in [3.05, 3.63) is 23.9 Å². The van der Waals surface area contributed by atoms with Crippen molar-refractivity contribution in [3.63, 3.8) is 0 Å². The standard InChI is InChI=1S/C20H29N3O5/c1-26-18-6-5-16(13-21-18)19(25)28-14-17(24)22-15-20(7-3-2-4-8-20)23-9-11-27-12-10-23/h5-6,13H,2-4,7-12,14-15H2,1H3,(H,22,24). The molecule has 1 amide bonds. The molecule has 3 rings (SSSR count). The summed E-state index contributed by atoms with van der Waals surface area (Å²) in [7, 11) is 1.50. The Kier molecular flexibility index (Phi) is 7.22. The number of amides is 1. The van der Waals surface area contributed by atoms with Gasteiger partial charge in [-0.1, -0.05) is 19.3 Å². The summed E-state index contributed by atoms with van der Waals surface area (Å²) in [5.41, 5.74) is 0.271. The van der Waals surface area contributed by atoms with E-state index in [-0.39, 0.29) is 23.6 Å². The Hall–Kier alpha value is -2.19. The molecule has 1 aromatic rings. The third kappa shape index (κ3) is 5.20. The second-order valence-electron chi connectivity index (χ2n) is 7.33. The molecule has 2 aliphatic rings. The number of esters is 1. The zero-order valence-electron chi connectivity index (χ0n) is 16.4. The molecule has 1 N–H and O–H groups in total. The average molecular weight is 391 g/mol. The number of nitrogens with zero attached hydrogens (tertiary/aromatic N) is 2. The van der Waals surface area contributed by atoms with Gasteiger partial charge < -0.3 is 19.5 Å². The Bertz CT molecular complexity index is 652. The number of hydrogen-bond donors (Lipinski definition) is 1. The summed E-state index contributed by atoms with van der Waals surface area (Å²) in [5.74, 6) is -0.450. The molecule has 28 heavy (non-hydrogen) atoms. The minimum absolute atomic E-state index is 0.0123. The molecule has 8 heteroatoms. The predicted octanol–water partition coefficient (Wildman–Crippen LogP) is 1.40. The molecule has 0 unspecified atom stereocenters. The first-order chi connectivity index (χ1) is 13.6. The Labute approximate surface area is 165 Å². The molecular formula is C20H29N3O5. The highest BCUT2D eigenvalue weighted by molar-refractivity contribution is 5.91. The van der Waals surface area contributed by atoms with E-state index in [0.29, 0.717) is 12.4 Å². The van der Waals surface area contributed by atoms with E-state index >= 15 is 0 Å². The van der Waals surface area contributed by atoms with Crippen molar-refractivity contribution in [3.8, 4) is 5.88 Å². The number of methoxy groups -OCH3 is 1. The summed E-state index contributed by atoms with van der Waals surface area (Å²) >= 11 is 0. The highest BCUT2D eigenvalue weighted by atomic mass is 16.5. The maximum Gasteiger partial charge on any atom is 0.340 e. The highest BCUT2D eigenvalue weighted by Gasteiger charge is 2.38. The maximum absolute atomic E-state index is 12.3. The fourth-order valence-electron chi connectivity index (χ4n) is 4.00. The van der Waals surface area contributed by atoms with Crippen LogP contribution < -0.4 is 10.1 Å². The molecule has 0 spiro atoms. The smallest absolute Gasteiger partial charge is 0.340 e. The van der Waals surface area contributed by atoms with Crippen LogP contribution in [0.4, 0.5) is 0 Å². The van der Waals surface area contributed by atoms with E-state index in [9.17, 15) is 9.59 Å². The second kappa shape index (κ2) is 9.84. The van der Waals surface area contributed by atoms with E-state index in [2.05, 4.69) is 15.2 Å². The molecular weight excluding hydrogens is 362 g/mol. The number of hydrogen-bond acceptors (Lipinski definition) is 7. The third-order valence-electron chi connectivity index (χ3n) is 5.60. The van der Waals surface area contributed by atoms with Crippen molar-refractivity contribution in [2.75, 3.05) is 46.6 Å². The van der Waals surface area contributed by atoms with Crippen LogP contribution in [0.1, 0.15) is 42.5 Å². The Morgan fingerprint density at radius 1 is 1.21 bits per heavy atom. The highest BCUT2D eigenvalue weighted by Crippen LogP contribution is 2.33. The van der Waals surface area contributed by atoms with Crippen LogP contribution in [-0.2, 0) is 14.3 Å². The van der Waals surface area contributed by atoms with E-state index < -0.39 is 5.97 Å². The van der Waals surface area contributed by atoms with Crippen LogP contribution in [0.3, 0.4) is 0 Å². The van der Waals surface area contributed by atoms with Gasteiger partial charge in [-0.05, 0) is 18.9 Å². The minimum Gasteiger partial charge on any atom is -0.481 e. The van der Waals surface area contributed by atoms with Crippen LogP contribution in [0, 0.1) is 0 Å². The van der Waals surface area contributed by atoms with Gasteiger partial charge in [0.15, 0.2) is 6.61 Å². The average Bonchev–Trinajstić information content (AvgIpc) is 2.77. The molecule has 154 valence electrons. The molecule has 8 nitrogen and oxygen atoms in total. The van der Waals surface area contributed by atoms with Crippen LogP contribution in [0.15, 0.2) is 18.3 Å². The number of carbonyl (C=O) groups excluding carboxylic acids is 2. The zero-order valence-corrected chi connectivity index (χ0v) is 16.4. The molecule has 1 aliphatic carbocycles. The lowest BCUT2D eigenvalue weighted by Gasteiger charge is -2.48. The van der Waals surface area contributed by atoms with Crippen LogP contribution in [0.25, 0.3) is 0 Å². The molecule has 1 saturated heterocycles. The number of ether oxygens (including phenoxy) is 3. The van der Waals surface area contributed by atoms with Gasteiger partial charge in [0, 0.05) is 37.4 Å². The normalized spacial score (nSPS) is 19.6. The molecule has 0 aromatic carbocycles. The van der Waals surface area contributed by atoms with Crippen molar-refractivity contribution >= 4 is 11.9 Å². The van der Waals surface area contributed by atoms with E-state index in [1.54, 1.807) is 12.1 Å². The van der Waals surface area contributed by atoms with Crippen LogP contribution in [0.2, 0.25) is 0 Å². The van der Waals surface area contributed by atoms with E-state index in [0.717, 1.165) is 39.1 Å². The van der Waals surface area contributed by atoms with Gasteiger partial charge in [0.05, 0.1) is 25.9 Å². The largest absolute Gasteiger partial charge is 0.481 e. The van der Waals surface area contributed by atoms with Crippen molar-refractivity contribution in [1.29, 1.82) is 0 Å². The van der Waals surface area contributed by atoms with Gasteiger partial charge in [0.2, 0.25) is 5.88 Å². The first-order valence-corrected chi connectivity index (χ1v) is 9.90. The summed E-state index contributed by atoms with van der Waals surface area (Å²) in [5, 5.41) is 2.98. The van der Waals surface area contributed by atoms with Gasteiger partial charge in [-0.2, -0.15) is 0 Å². The van der Waals surface area contributed by atoms with Crippen LogP contribution in [0.5, 0.6) is 5.88 Å². The van der Waals surface area contributed by atoms with Gasteiger partial charge in [-0.15, -0.1) is 0 Å². The monoisotopic (exact) mass is 391 g/mol. The topological polar surface area (TPSA) is 90.0 Å². The fraction of sp³-hybridized carbons (Fsp3) is 0.650. The number of aromatic nitrogens is 1. The van der Waals surface area contributed by atoms with Gasteiger partial charge in [0.25, 0.3) is 5.91 Å². The van der Waals surface area contributed by atoms with E-state index in [1.165, 1.54) is 32.6 Å². The predicted molar refractivity (Wildman–Crippen MR) is 102 cm³/mol. The molecule has 0 bridgehead atoms. The molecule has 0 atom stereocenters. The number of pyridine rings is 1. The van der Waals surface area contributed by atoms with E-state index in [1.807, 2.05) is 0 Å². The van der Waals surface area contributed by atoms with Crippen molar-refractivity contribution in [2.24, 2.45) is 0 Å². The molecule has 2 fully saturated rings. The molecule has 1 aromatic heterocycles. The summed E-state index contributed by atoms with van der Waals surface area (Å²) in [4.78, 5) is 30.8. The number of morpholine rings is 1. The van der Waals surface area contributed by atoms with Crippen molar-refractivity contribution in [1.82, 2.24) is 15.2 Å².